The summed E-state index contributed by atoms with van der Waals surface area (Å²) in [4.78, 5) is 12.9. The van der Waals surface area contributed by atoms with Gasteiger partial charge in [-0.2, -0.15) is 0 Å². The molecule has 3 heteroatoms. The number of hydrogen-bond acceptors (Lipinski definition) is 2. The van der Waals surface area contributed by atoms with Crippen LogP contribution in [0.25, 0.3) is 0 Å². The van der Waals surface area contributed by atoms with Crippen molar-refractivity contribution in [3.63, 3.8) is 0 Å². The molecule has 0 radical (unpaired) electrons. The van der Waals surface area contributed by atoms with Gasteiger partial charge in [0.05, 0.1) is 5.92 Å². The van der Waals surface area contributed by atoms with Gasteiger partial charge in [0.1, 0.15) is 0 Å². The Kier molecular flexibility index (Phi) is 5.55. The van der Waals surface area contributed by atoms with Crippen molar-refractivity contribution in [2.45, 2.75) is 34.1 Å². The van der Waals surface area contributed by atoms with Gasteiger partial charge in [0.2, 0.25) is 0 Å². The van der Waals surface area contributed by atoms with Gasteiger partial charge in [-0.15, -0.1) is 0 Å². The first kappa shape index (κ1) is 15.7. The lowest BCUT2D eigenvalue weighted by molar-refractivity contribution is -0.141. The summed E-state index contributed by atoms with van der Waals surface area (Å²) in [5, 5.41) is 8.91. The van der Waals surface area contributed by atoms with E-state index >= 15 is 0 Å². The largest absolute Gasteiger partial charge is 0.481 e. The molecule has 1 atom stereocenters. The van der Waals surface area contributed by atoms with Crippen molar-refractivity contribution in [3.05, 3.63) is 34.4 Å². The molecule has 0 aromatic heterocycles. The Labute approximate surface area is 116 Å². The summed E-state index contributed by atoms with van der Waals surface area (Å²) in [7, 11) is 1.98. The van der Waals surface area contributed by atoms with Crippen molar-refractivity contribution in [1.82, 2.24) is 4.90 Å². The number of rotatable bonds is 6. The normalized spacial score (nSPS) is 12.7. The number of carboxylic acids is 1. The van der Waals surface area contributed by atoms with Crippen molar-refractivity contribution < 1.29 is 9.90 Å². The van der Waals surface area contributed by atoms with Crippen molar-refractivity contribution in [1.29, 1.82) is 0 Å². The Hall–Kier alpha value is -1.35. The molecule has 0 spiro atoms. The average Bonchev–Trinajstić information content (AvgIpc) is 2.27. The van der Waals surface area contributed by atoms with E-state index in [9.17, 15) is 4.79 Å². The molecule has 3 nitrogen and oxygen atoms in total. The zero-order valence-electron chi connectivity index (χ0n) is 12.7. The quantitative estimate of drug-likeness (QED) is 0.858. The third-order valence-corrected chi connectivity index (χ3v) is 3.59. The maximum absolute atomic E-state index is 10.8. The van der Waals surface area contributed by atoms with Crippen LogP contribution >= 0.6 is 0 Å². The SMILES string of the molecule is Cc1cc(C)c(CCN(C)CC(C)C(=O)O)c(C)c1. The van der Waals surface area contributed by atoms with Gasteiger partial charge in [-0.25, -0.2) is 0 Å². The standard InChI is InChI=1S/C16H25NO2/c1-11-8-12(2)15(13(3)9-11)6-7-17(5)10-14(4)16(18)19/h8-9,14H,6-7,10H2,1-5H3,(H,18,19). The third kappa shape index (κ3) is 4.67. The molecular formula is C16H25NO2. The molecule has 0 saturated heterocycles. The van der Waals surface area contributed by atoms with Gasteiger partial charge >= 0.3 is 5.97 Å². The fraction of sp³-hybridized carbons (Fsp3) is 0.562. The summed E-state index contributed by atoms with van der Waals surface area (Å²) < 4.78 is 0. The van der Waals surface area contributed by atoms with Gasteiger partial charge in [0.15, 0.2) is 0 Å². The number of nitrogens with zero attached hydrogens (tertiary/aromatic N) is 1. The van der Waals surface area contributed by atoms with E-state index in [2.05, 4.69) is 37.8 Å². The molecule has 0 bridgehead atoms. The van der Waals surface area contributed by atoms with E-state index in [1.807, 2.05) is 7.05 Å². The van der Waals surface area contributed by atoms with Crippen LogP contribution in [0.1, 0.15) is 29.2 Å². The molecule has 1 aromatic rings. The molecule has 1 rings (SSSR count). The summed E-state index contributed by atoms with van der Waals surface area (Å²) >= 11 is 0. The molecule has 19 heavy (non-hydrogen) atoms. The topological polar surface area (TPSA) is 40.5 Å². The Morgan fingerprint density at radius 2 is 1.79 bits per heavy atom. The molecular weight excluding hydrogens is 238 g/mol. The first-order valence-electron chi connectivity index (χ1n) is 6.79. The van der Waals surface area contributed by atoms with Crippen LogP contribution in [-0.4, -0.2) is 36.1 Å². The van der Waals surface area contributed by atoms with E-state index in [0.717, 1.165) is 13.0 Å². The second-order valence-corrected chi connectivity index (χ2v) is 5.63. The maximum Gasteiger partial charge on any atom is 0.307 e. The minimum absolute atomic E-state index is 0.315. The summed E-state index contributed by atoms with van der Waals surface area (Å²) in [6, 6.07) is 4.42. The van der Waals surface area contributed by atoms with E-state index in [4.69, 9.17) is 5.11 Å². The van der Waals surface area contributed by atoms with Gasteiger partial charge in [-0.3, -0.25) is 4.79 Å². The minimum Gasteiger partial charge on any atom is -0.481 e. The summed E-state index contributed by atoms with van der Waals surface area (Å²) in [6.07, 6.45) is 0.973. The zero-order chi connectivity index (χ0) is 14.6. The molecule has 0 amide bonds. The van der Waals surface area contributed by atoms with Gasteiger partial charge in [0, 0.05) is 13.1 Å². The molecule has 0 fully saturated rings. The average molecular weight is 263 g/mol. The highest BCUT2D eigenvalue weighted by Gasteiger charge is 2.14. The number of benzene rings is 1. The summed E-state index contributed by atoms with van der Waals surface area (Å²) in [5.41, 5.74) is 5.35. The fourth-order valence-corrected chi connectivity index (χ4v) is 2.54. The molecule has 1 N–H and O–H groups in total. The highest BCUT2D eigenvalue weighted by atomic mass is 16.4. The van der Waals surface area contributed by atoms with Crippen LogP contribution in [0.15, 0.2) is 12.1 Å². The lowest BCUT2D eigenvalue weighted by Gasteiger charge is -2.20. The Balaban J connectivity index is 2.60. The van der Waals surface area contributed by atoms with E-state index in [0.29, 0.717) is 6.54 Å². The number of carboxylic acid groups (broad SMARTS) is 1. The van der Waals surface area contributed by atoms with Crippen molar-refractivity contribution in [2.24, 2.45) is 5.92 Å². The molecule has 0 aliphatic heterocycles. The second-order valence-electron chi connectivity index (χ2n) is 5.63. The number of carbonyl (C=O) groups is 1. The molecule has 1 unspecified atom stereocenters. The summed E-state index contributed by atoms with van der Waals surface area (Å²) in [6.45, 7) is 9.65. The van der Waals surface area contributed by atoms with Crippen LogP contribution in [-0.2, 0) is 11.2 Å². The number of hydrogen-bond donors (Lipinski definition) is 1. The van der Waals surface area contributed by atoms with Crippen molar-refractivity contribution in [3.8, 4) is 0 Å². The first-order valence-corrected chi connectivity index (χ1v) is 6.79. The zero-order valence-corrected chi connectivity index (χ0v) is 12.7. The smallest absolute Gasteiger partial charge is 0.307 e. The van der Waals surface area contributed by atoms with E-state index in [1.54, 1.807) is 6.92 Å². The molecule has 0 aliphatic rings. The lowest BCUT2D eigenvalue weighted by atomic mass is 9.97. The monoisotopic (exact) mass is 263 g/mol. The molecule has 0 aliphatic carbocycles. The fourth-order valence-electron chi connectivity index (χ4n) is 2.54. The molecule has 0 heterocycles. The number of likely N-dealkylation sites (N-methyl/N-ethyl adjacent to an activating group) is 1. The van der Waals surface area contributed by atoms with E-state index < -0.39 is 5.97 Å². The van der Waals surface area contributed by atoms with Gasteiger partial charge in [-0.05, 0) is 50.9 Å². The number of aliphatic carboxylic acids is 1. The van der Waals surface area contributed by atoms with E-state index in [1.165, 1.54) is 22.3 Å². The highest BCUT2D eigenvalue weighted by Crippen LogP contribution is 2.17. The van der Waals surface area contributed by atoms with Crippen LogP contribution in [0.5, 0.6) is 0 Å². The van der Waals surface area contributed by atoms with Crippen LogP contribution in [0.3, 0.4) is 0 Å². The Bertz CT molecular complexity index is 431. The van der Waals surface area contributed by atoms with Gasteiger partial charge in [-0.1, -0.05) is 24.6 Å². The highest BCUT2D eigenvalue weighted by molar-refractivity contribution is 5.69. The minimum atomic E-state index is -0.727. The maximum atomic E-state index is 10.8. The predicted molar refractivity (Wildman–Crippen MR) is 78.7 cm³/mol. The molecule has 1 aromatic carbocycles. The molecule has 0 saturated carbocycles. The van der Waals surface area contributed by atoms with Crippen LogP contribution in [0, 0.1) is 26.7 Å². The Morgan fingerprint density at radius 3 is 2.26 bits per heavy atom. The van der Waals surface area contributed by atoms with E-state index in [-0.39, 0.29) is 5.92 Å². The van der Waals surface area contributed by atoms with Crippen LogP contribution < -0.4 is 0 Å². The van der Waals surface area contributed by atoms with Crippen LogP contribution in [0.4, 0.5) is 0 Å². The van der Waals surface area contributed by atoms with Crippen molar-refractivity contribution in [2.75, 3.05) is 20.1 Å². The summed E-state index contributed by atoms with van der Waals surface area (Å²) in [5.74, 6) is -1.04. The number of aryl methyl sites for hydroxylation is 3. The van der Waals surface area contributed by atoms with Crippen molar-refractivity contribution >= 4 is 5.97 Å². The van der Waals surface area contributed by atoms with Gasteiger partial charge in [0.25, 0.3) is 0 Å². The van der Waals surface area contributed by atoms with Crippen LogP contribution in [0.2, 0.25) is 0 Å². The lowest BCUT2D eigenvalue weighted by Crippen LogP contribution is -2.30. The predicted octanol–water partition coefficient (Wildman–Crippen LogP) is 2.81. The second kappa shape index (κ2) is 6.71. The van der Waals surface area contributed by atoms with Gasteiger partial charge < -0.3 is 10.0 Å². The Morgan fingerprint density at radius 1 is 1.26 bits per heavy atom. The molecule has 106 valence electrons. The first-order chi connectivity index (χ1) is 8.81. The third-order valence-electron chi connectivity index (χ3n) is 3.59.